The Morgan fingerprint density at radius 1 is 0.857 bits per heavy atom. The Hall–Kier alpha value is -2.78. The first-order valence-electron chi connectivity index (χ1n) is 10.3. The summed E-state index contributed by atoms with van der Waals surface area (Å²) in [4.78, 5) is 10.7. The summed E-state index contributed by atoms with van der Waals surface area (Å²) >= 11 is 0. The number of hydrogen-bond donors (Lipinski definition) is 4. The van der Waals surface area contributed by atoms with E-state index in [1.807, 2.05) is 0 Å². The first kappa shape index (κ1) is 26.8. The molecule has 2 aromatic carbocycles. The minimum Gasteiger partial charge on any atom is -0.326 e. The largest absolute Gasteiger partial charge is 0.326 e. The second kappa shape index (κ2) is 9.70. The summed E-state index contributed by atoms with van der Waals surface area (Å²) in [7, 11) is -13.2. The van der Waals surface area contributed by atoms with E-state index in [1.165, 1.54) is 36.4 Å². The molecule has 14 heteroatoms. The topological polar surface area (TPSA) is 184 Å². The molecule has 0 radical (unpaired) electrons. The number of carbonyl (C=O) groups excluding carboxylic acids is 1. The third-order valence-electron chi connectivity index (χ3n) is 5.04. The van der Waals surface area contributed by atoms with Crippen molar-refractivity contribution in [3.63, 3.8) is 0 Å². The van der Waals surface area contributed by atoms with Crippen molar-refractivity contribution in [2.75, 3.05) is 10.0 Å². The van der Waals surface area contributed by atoms with Crippen LogP contribution >= 0.6 is 0 Å². The number of benzene rings is 2. The van der Waals surface area contributed by atoms with Crippen LogP contribution in [0.4, 0.5) is 11.4 Å². The van der Waals surface area contributed by atoms with Crippen LogP contribution in [0.2, 0.25) is 0 Å². The number of amides is 1. The number of carbonyl (C=O) groups is 1. The summed E-state index contributed by atoms with van der Waals surface area (Å²) in [5, 5.41) is 1.96. The lowest BCUT2D eigenvalue weighted by Gasteiger charge is -2.11. The average molecular weight is 545 g/mol. The Kier molecular flexibility index (Phi) is 7.43. The molecular weight excluding hydrogens is 520 g/mol. The van der Waals surface area contributed by atoms with Crippen molar-refractivity contribution in [1.29, 1.82) is 0 Å². The molecule has 1 saturated carbocycles. The minimum atomic E-state index is -4.79. The smallest absolute Gasteiger partial charge is 0.295 e. The van der Waals surface area contributed by atoms with Gasteiger partial charge in [0.1, 0.15) is 9.79 Å². The fraction of sp³-hybridized carbons (Fsp3) is 0.286. The molecule has 0 spiro atoms. The van der Waals surface area contributed by atoms with Gasteiger partial charge in [0.25, 0.3) is 20.2 Å². The van der Waals surface area contributed by atoms with Crippen LogP contribution in [0, 0.1) is 5.92 Å². The van der Waals surface area contributed by atoms with Crippen LogP contribution in [-0.2, 0) is 35.1 Å². The van der Waals surface area contributed by atoms with Gasteiger partial charge in [-0.15, -0.1) is 0 Å². The van der Waals surface area contributed by atoms with Crippen LogP contribution in [0.1, 0.15) is 37.8 Å². The summed E-state index contributed by atoms with van der Waals surface area (Å²) in [5.41, 5.74) is -0.0415. The van der Waals surface area contributed by atoms with Gasteiger partial charge in [-0.05, 0) is 48.2 Å². The molecule has 1 aliphatic rings. The van der Waals surface area contributed by atoms with E-state index in [1.54, 1.807) is 13.8 Å². The highest BCUT2D eigenvalue weighted by Crippen LogP contribution is 2.31. The van der Waals surface area contributed by atoms with Crippen LogP contribution in [0.25, 0.3) is 12.2 Å². The zero-order chi connectivity index (χ0) is 26.2. The number of anilines is 2. The highest BCUT2D eigenvalue weighted by molar-refractivity contribution is 7.93. The van der Waals surface area contributed by atoms with E-state index in [0.717, 1.165) is 12.1 Å². The Bertz CT molecular complexity index is 1510. The van der Waals surface area contributed by atoms with E-state index in [4.69, 9.17) is 0 Å². The lowest BCUT2D eigenvalue weighted by atomic mass is 10.1. The Morgan fingerprint density at radius 3 is 1.74 bits per heavy atom. The second-order valence-electron chi connectivity index (χ2n) is 8.28. The van der Waals surface area contributed by atoms with Crippen molar-refractivity contribution in [2.24, 2.45) is 5.92 Å². The van der Waals surface area contributed by atoms with Gasteiger partial charge in [-0.25, -0.2) is 8.42 Å². The van der Waals surface area contributed by atoms with Gasteiger partial charge < -0.3 is 5.32 Å². The lowest BCUT2D eigenvalue weighted by Crippen LogP contribution is -2.18. The third kappa shape index (κ3) is 6.89. The van der Waals surface area contributed by atoms with E-state index in [0.29, 0.717) is 12.8 Å². The van der Waals surface area contributed by atoms with Crippen LogP contribution < -0.4 is 10.0 Å². The van der Waals surface area contributed by atoms with Crippen LogP contribution in [0.3, 0.4) is 0 Å². The molecule has 1 fully saturated rings. The first-order chi connectivity index (χ1) is 16.1. The van der Waals surface area contributed by atoms with E-state index in [2.05, 4.69) is 10.0 Å². The molecule has 0 unspecified atom stereocenters. The Balaban J connectivity index is 1.99. The van der Waals surface area contributed by atoms with Crippen molar-refractivity contribution in [2.45, 2.75) is 41.7 Å². The fourth-order valence-corrected chi connectivity index (χ4v) is 5.82. The van der Waals surface area contributed by atoms with Crippen LogP contribution in [0.15, 0.2) is 46.2 Å². The van der Waals surface area contributed by atoms with Crippen LogP contribution in [0.5, 0.6) is 0 Å². The summed E-state index contributed by atoms with van der Waals surface area (Å²) in [6.45, 7) is 3.29. The zero-order valence-corrected chi connectivity index (χ0v) is 21.1. The molecule has 0 saturated heterocycles. The minimum absolute atomic E-state index is 0.0325. The Labute approximate surface area is 203 Å². The predicted molar refractivity (Wildman–Crippen MR) is 130 cm³/mol. The molecule has 3 rings (SSSR count). The molecule has 1 aliphatic carbocycles. The number of nitrogens with one attached hydrogen (secondary N) is 2. The summed E-state index contributed by atoms with van der Waals surface area (Å²) in [5.74, 6) is -0.746. The van der Waals surface area contributed by atoms with Gasteiger partial charge in [0.05, 0.1) is 5.25 Å². The van der Waals surface area contributed by atoms with Crippen molar-refractivity contribution < 1.29 is 39.2 Å². The van der Waals surface area contributed by atoms with Gasteiger partial charge in [-0.3, -0.25) is 18.6 Å². The summed E-state index contributed by atoms with van der Waals surface area (Å²) in [6, 6.07) is 7.21. The van der Waals surface area contributed by atoms with Gasteiger partial charge in [0, 0.05) is 17.3 Å². The molecule has 1 amide bonds. The number of sulfonamides is 1. The highest BCUT2D eigenvalue weighted by atomic mass is 32.2. The monoisotopic (exact) mass is 544 g/mol. The van der Waals surface area contributed by atoms with Gasteiger partial charge >= 0.3 is 0 Å². The van der Waals surface area contributed by atoms with Crippen molar-refractivity contribution in [3.05, 3.63) is 47.5 Å². The molecule has 0 aromatic heterocycles. The summed E-state index contributed by atoms with van der Waals surface area (Å²) < 4.78 is 93.5. The maximum absolute atomic E-state index is 12.1. The molecule has 4 N–H and O–H groups in total. The van der Waals surface area contributed by atoms with E-state index in [-0.39, 0.29) is 34.3 Å². The van der Waals surface area contributed by atoms with Crippen molar-refractivity contribution in [3.8, 4) is 0 Å². The molecule has 0 heterocycles. The van der Waals surface area contributed by atoms with Crippen LogP contribution in [-0.4, -0.2) is 45.5 Å². The normalized spacial score (nSPS) is 14.9. The average Bonchev–Trinajstić information content (AvgIpc) is 3.57. The molecule has 11 nitrogen and oxygen atoms in total. The Morgan fingerprint density at radius 2 is 1.31 bits per heavy atom. The van der Waals surface area contributed by atoms with Gasteiger partial charge in [-0.2, -0.15) is 16.8 Å². The van der Waals surface area contributed by atoms with Gasteiger partial charge in [0.15, 0.2) is 0 Å². The third-order valence-corrected chi connectivity index (χ3v) is 8.73. The first-order valence-corrected chi connectivity index (χ1v) is 14.7. The zero-order valence-electron chi connectivity index (χ0n) is 18.7. The SMILES string of the molecule is CC(C)C(=O)Nc1ccc(/C=C/c2ccc(NS(=O)(=O)C3CC3)cc2S(=O)(=O)O)c(S(=O)(=O)O)c1. The van der Waals surface area contributed by atoms with E-state index >= 15 is 0 Å². The van der Waals surface area contributed by atoms with Crippen molar-refractivity contribution >= 4 is 59.7 Å². The maximum atomic E-state index is 12.1. The van der Waals surface area contributed by atoms with Gasteiger partial charge in [-0.1, -0.05) is 38.1 Å². The molecule has 0 aliphatic heterocycles. The molecule has 0 atom stereocenters. The second-order valence-corrected chi connectivity index (χ2v) is 13.0. The quantitative estimate of drug-likeness (QED) is 0.272. The highest BCUT2D eigenvalue weighted by Gasteiger charge is 2.35. The lowest BCUT2D eigenvalue weighted by molar-refractivity contribution is -0.118. The maximum Gasteiger partial charge on any atom is 0.295 e. The molecule has 0 bridgehead atoms. The molecule has 35 heavy (non-hydrogen) atoms. The fourth-order valence-electron chi connectivity index (χ4n) is 3.02. The standard InChI is InChI=1S/C21H24N2O9S3/c1-13(2)21(24)22-16-7-5-14(19(11-16)34(27,28)29)3-4-15-6-8-17(12-20(15)35(30,31)32)23-33(25,26)18-9-10-18/h3-8,11-13,18,23H,9-10H2,1-2H3,(H,22,24)(H,27,28,29)(H,30,31,32)/b4-3+. The van der Waals surface area contributed by atoms with Gasteiger partial charge in [0.2, 0.25) is 15.9 Å². The number of hydrogen-bond acceptors (Lipinski definition) is 7. The number of rotatable bonds is 9. The summed E-state index contributed by atoms with van der Waals surface area (Å²) in [6.07, 6.45) is 3.36. The molecule has 190 valence electrons. The molecule has 2 aromatic rings. The van der Waals surface area contributed by atoms with E-state index < -0.39 is 45.3 Å². The molecular formula is C21H24N2O9S3. The van der Waals surface area contributed by atoms with Crippen molar-refractivity contribution in [1.82, 2.24) is 0 Å². The van der Waals surface area contributed by atoms with E-state index in [9.17, 15) is 39.2 Å². The predicted octanol–water partition coefficient (Wildman–Crippen LogP) is 2.85.